The zero-order valence-electron chi connectivity index (χ0n) is 11.8. The average Bonchev–Trinajstić information content (AvgIpc) is 3.00. The van der Waals surface area contributed by atoms with Crippen molar-refractivity contribution in [1.29, 1.82) is 5.26 Å². The Labute approximate surface area is 120 Å². The molecule has 1 aromatic heterocycles. The summed E-state index contributed by atoms with van der Waals surface area (Å²) in [5, 5.41) is 12.6. The number of nitriles is 1. The van der Waals surface area contributed by atoms with E-state index in [0.29, 0.717) is 24.0 Å². The number of rotatable bonds is 4. The molecule has 1 aliphatic heterocycles. The topological polar surface area (TPSA) is 57.9 Å². The lowest BCUT2D eigenvalue weighted by atomic mass is 9.95. The molecule has 1 aliphatic carbocycles. The van der Waals surface area contributed by atoms with E-state index in [9.17, 15) is 5.26 Å². The highest BCUT2D eigenvalue weighted by molar-refractivity contribution is 5.43. The second-order valence-electron chi connectivity index (χ2n) is 5.76. The monoisotopic (exact) mass is 271 g/mol. The Morgan fingerprint density at radius 1 is 1.40 bits per heavy atom. The van der Waals surface area contributed by atoms with Crippen LogP contribution in [0.4, 0.5) is 0 Å². The van der Waals surface area contributed by atoms with Crippen LogP contribution >= 0.6 is 0 Å². The molecule has 0 aromatic carbocycles. The lowest BCUT2D eigenvalue weighted by Gasteiger charge is -2.17. The summed E-state index contributed by atoms with van der Waals surface area (Å²) >= 11 is 0. The molecule has 2 aliphatic rings. The zero-order valence-corrected chi connectivity index (χ0v) is 11.8. The van der Waals surface area contributed by atoms with Crippen LogP contribution in [0.15, 0.2) is 6.07 Å². The Balaban J connectivity index is 1.66. The summed E-state index contributed by atoms with van der Waals surface area (Å²) in [7, 11) is 0. The Morgan fingerprint density at radius 2 is 2.30 bits per heavy atom. The van der Waals surface area contributed by atoms with E-state index in [1.54, 1.807) is 0 Å². The maximum absolute atomic E-state index is 9.25. The van der Waals surface area contributed by atoms with E-state index in [2.05, 4.69) is 16.4 Å². The molecule has 3 rings (SSSR count). The van der Waals surface area contributed by atoms with Crippen molar-refractivity contribution in [2.45, 2.75) is 38.5 Å². The minimum absolute atomic E-state index is 0.541. The van der Waals surface area contributed by atoms with Crippen molar-refractivity contribution in [1.82, 2.24) is 10.3 Å². The highest BCUT2D eigenvalue weighted by atomic mass is 16.5. The van der Waals surface area contributed by atoms with Gasteiger partial charge in [0.1, 0.15) is 11.6 Å². The van der Waals surface area contributed by atoms with Crippen molar-refractivity contribution in [3.63, 3.8) is 0 Å². The van der Waals surface area contributed by atoms with E-state index in [0.717, 1.165) is 38.0 Å². The first-order valence-electron chi connectivity index (χ1n) is 7.63. The van der Waals surface area contributed by atoms with Gasteiger partial charge in [-0.2, -0.15) is 5.26 Å². The van der Waals surface area contributed by atoms with Crippen LogP contribution in [-0.4, -0.2) is 24.7 Å². The average molecular weight is 271 g/mol. The van der Waals surface area contributed by atoms with Gasteiger partial charge in [-0.15, -0.1) is 0 Å². The third kappa shape index (κ3) is 2.94. The summed E-state index contributed by atoms with van der Waals surface area (Å²) in [4.78, 5) is 4.59. The first kappa shape index (κ1) is 13.4. The van der Waals surface area contributed by atoms with Gasteiger partial charge >= 0.3 is 0 Å². The minimum Gasteiger partial charge on any atom is -0.477 e. The molecule has 106 valence electrons. The van der Waals surface area contributed by atoms with E-state index in [1.165, 1.54) is 24.8 Å². The van der Waals surface area contributed by atoms with Gasteiger partial charge in [-0.05, 0) is 69.2 Å². The van der Waals surface area contributed by atoms with Gasteiger partial charge in [0.15, 0.2) is 0 Å². The molecule has 0 spiro atoms. The minimum atomic E-state index is 0.541. The molecule has 0 bridgehead atoms. The summed E-state index contributed by atoms with van der Waals surface area (Å²) in [5.74, 6) is 1.25. The Kier molecular flexibility index (Phi) is 4.17. The van der Waals surface area contributed by atoms with Gasteiger partial charge in [0.25, 0.3) is 0 Å². The van der Waals surface area contributed by atoms with E-state index in [1.807, 2.05) is 6.07 Å². The maximum atomic E-state index is 9.25. The zero-order chi connectivity index (χ0) is 13.8. The smallest absolute Gasteiger partial charge is 0.231 e. The predicted molar refractivity (Wildman–Crippen MR) is 76.7 cm³/mol. The number of hydrogen-bond donors (Lipinski definition) is 1. The third-order valence-electron chi connectivity index (χ3n) is 4.31. The number of aryl methyl sites for hydroxylation is 2. The van der Waals surface area contributed by atoms with Gasteiger partial charge in [-0.3, -0.25) is 0 Å². The van der Waals surface area contributed by atoms with Gasteiger partial charge in [-0.25, -0.2) is 4.98 Å². The molecule has 1 atom stereocenters. The van der Waals surface area contributed by atoms with Crippen molar-refractivity contribution >= 4 is 0 Å². The third-order valence-corrected chi connectivity index (χ3v) is 4.31. The number of ether oxygens (including phenoxy) is 1. The van der Waals surface area contributed by atoms with Gasteiger partial charge < -0.3 is 10.1 Å². The van der Waals surface area contributed by atoms with Gasteiger partial charge in [-0.1, -0.05) is 0 Å². The van der Waals surface area contributed by atoms with E-state index in [4.69, 9.17) is 4.74 Å². The first-order valence-corrected chi connectivity index (χ1v) is 7.63. The fourth-order valence-corrected chi connectivity index (χ4v) is 3.09. The van der Waals surface area contributed by atoms with Crippen LogP contribution in [0.5, 0.6) is 5.88 Å². The Morgan fingerprint density at radius 3 is 3.10 bits per heavy atom. The molecular formula is C16H21N3O. The number of pyridine rings is 1. The van der Waals surface area contributed by atoms with Crippen LogP contribution in [0.3, 0.4) is 0 Å². The number of nitrogens with one attached hydrogen (secondary N) is 1. The molecule has 4 heteroatoms. The normalized spacial score (nSPS) is 21.2. The molecule has 1 saturated heterocycles. The molecule has 0 amide bonds. The Hall–Kier alpha value is -1.60. The molecule has 2 heterocycles. The quantitative estimate of drug-likeness (QED) is 0.912. The van der Waals surface area contributed by atoms with Crippen LogP contribution in [0.2, 0.25) is 0 Å². The van der Waals surface area contributed by atoms with E-state index in [-0.39, 0.29) is 0 Å². The maximum Gasteiger partial charge on any atom is 0.231 e. The van der Waals surface area contributed by atoms with Crippen molar-refractivity contribution in [2.24, 2.45) is 5.92 Å². The highest BCUT2D eigenvalue weighted by Gasteiger charge is 2.17. The number of fused-ring (bicyclic) bond motifs is 1. The first-order chi connectivity index (χ1) is 9.86. The van der Waals surface area contributed by atoms with E-state index < -0.39 is 0 Å². The SMILES string of the molecule is N#Cc1cc2c(nc1OCCC1CCNC1)CCCC2. The molecule has 1 fully saturated rings. The Bertz CT molecular complexity index is 515. The molecule has 20 heavy (non-hydrogen) atoms. The standard InChI is InChI=1S/C16H21N3O/c17-10-14-9-13-3-1-2-4-15(13)19-16(14)20-8-6-12-5-7-18-11-12/h9,12,18H,1-8,11H2. The molecule has 1 aromatic rings. The predicted octanol–water partition coefficient (Wildman–Crippen LogP) is 2.21. The molecular weight excluding hydrogens is 250 g/mol. The number of nitrogens with zero attached hydrogens (tertiary/aromatic N) is 2. The summed E-state index contributed by atoms with van der Waals surface area (Å²) in [6.07, 6.45) is 6.73. The summed E-state index contributed by atoms with van der Waals surface area (Å²) in [6.45, 7) is 2.87. The van der Waals surface area contributed by atoms with Crippen molar-refractivity contribution in [3.05, 3.63) is 22.9 Å². The van der Waals surface area contributed by atoms with Crippen LogP contribution in [0, 0.1) is 17.2 Å². The number of hydrogen-bond acceptors (Lipinski definition) is 4. The largest absolute Gasteiger partial charge is 0.477 e. The number of aromatic nitrogens is 1. The summed E-state index contributed by atoms with van der Waals surface area (Å²) in [6, 6.07) is 4.20. The highest BCUT2D eigenvalue weighted by Crippen LogP contribution is 2.26. The van der Waals surface area contributed by atoms with Crippen molar-refractivity contribution < 1.29 is 4.74 Å². The van der Waals surface area contributed by atoms with Gasteiger partial charge in [0, 0.05) is 5.69 Å². The molecule has 1 N–H and O–H groups in total. The summed E-state index contributed by atoms with van der Waals surface area (Å²) < 4.78 is 5.79. The van der Waals surface area contributed by atoms with E-state index >= 15 is 0 Å². The van der Waals surface area contributed by atoms with Crippen molar-refractivity contribution in [3.8, 4) is 11.9 Å². The fourth-order valence-electron chi connectivity index (χ4n) is 3.09. The van der Waals surface area contributed by atoms with Crippen molar-refractivity contribution in [2.75, 3.05) is 19.7 Å². The molecule has 0 radical (unpaired) electrons. The van der Waals surface area contributed by atoms with Crippen LogP contribution in [0.1, 0.15) is 42.5 Å². The van der Waals surface area contributed by atoms with Crippen LogP contribution in [-0.2, 0) is 12.8 Å². The molecule has 4 nitrogen and oxygen atoms in total. The van der Waals surface area contributed by atoms with Crippen LogP contribution in [0.25, 0.3) is 0 Å². The molecule has 0 saturated carbocycles. The van der Waals surface area contributed by atoms with Gasteiger partial charge in [0.05, 0.1) is 6.61 Å². The van der Waals surface area contributed by atoms with Gasteiger partial charge in [0.2, 0.25) is 5.88 Å². The second kappa shape index (κ2) is 6.23. The summed E-state index contributed by atoms with van der Waals surface area (Å²) in [5.41, 5.74) is 2.96. The van der Waals surface area contributed by atoms with Crippen LogP contribution < -0.4 is 10.1 Å². The molecule has 1 unspecified atom stereocenters. The lowest BCUT2D eigenvalue weighted by Crippen LogP contribution is -2.13. The fraction of sp³-hybridized carbons (Fsp3) is 0.625. The lowest BCUT2D eigenvalue weighted by molar-refractivity contribution is 0.272. The second-order valence-corrected chi connectivity index (χ2v) is 5.76.